The predicted molar refractivity (Wildman–Crippen MR) is 89.3 cm³/mol. The zero-order chi connectivity index (χ0) is 15.9. The zero-order valence-corrected chi connectivity index (χ0v) is 13.2. The van der Waals surface area contributed by atoms with Gasteiger partial charge in [0.1, 0.15) is 0 Å². The summed E-state index contributed by atoms with van der Waals surface area (Å²) >= 11 is 1.36. The van der Waals surface area contributed by atoms with Gasteiger partial charge >= 0.3 is 0 Å². The Morgan fingerprint density at radius 1 is 1.18 bits per heavy atom. The molecule has 0 aliphatic carbocycles. The van der Waals surface area contributed by atoms with E-state index in [2.05, 4.69) is 10.6 Å². The summed E-state index contributed by atoms with van der Waals surface area (Å²) < 4.78 is 0. The highest BCUT2D eigenvalue weighted by Gasteiger charge is 2.14. The third-order valence-corrected chi connectivity index (χ3v) is 3.92. The molecule has 4 N–H and O–H groups in total. The minimum absolute atomic E-state index is 0.0362. The number of para-hydroxylation sites is 1. The van der Waals surface area contributed by atoms with Crippen LogP contribution in [-0.2, 0) is 0 Å². The molecule has 0 spiro atoms. The number of thiophene rings is 1. The third-order valence-electron chi connectivity index (χ3n) is 3.05. The third kappa shape index (κ3) is 4.41. The highest BCUT2D eigenvalue weighted by atomic mass is 32.1. The van der Waals surface area contributed by atoms with Gasteiger partial charge in [0.15, 0.2) is 0 Å². The molecule has 0 bridgehead atoms. The number of carbonyl (C=O) groups excluding carboxylic acids is 2. The Bertz CT molecular complexity index is 639. The summed E-state index contributed by atoms with van der Waals surface area (Å²) in [7, 11) is 0. The topological polar surface area (TPSA) is 84.2 Å². The van der Waals surface area contributed by atoms with Crippen LogP contribution in [0.5, 0.6) is 0 Å². The molecule has 1 aromatic carbocycles. The first-order valence-electron chi connectivity index (χ1n) is 7.05. The summed E-state index contributed by atoms with van der Waals surface area (Å²) in [5, 5.41) is 7.42. The van der Waals surface area contributed by atoms with Crippen LogP contribution < -0.4 is 16.4 Å². The second-order valence-corrected chi connectivity index (χ2v) is 5.95. The number of rotatable bonds is 6. The van der Waals surface area contributed by atoms with E-state index in [4.69, 9.17) is 5.73 Å². The van der Waals surface area contributed by atoms with Gasteiger partial charge in [-0.1, -0.05) is 18.2 Å². The van der Waals surface area contributed by atoms with E-state index in [0.29, 0.717) is 29.1 Å². The minimum Gasteiger partial charge on any atom is -0.352 e. The molecule has 0 radical (unpaired) electrons. The number of hydrogen-bond acceptors (Lipinski definition) is 4. The molecule has 0 fully saturated rings. The molecule has 0 aliphatic rings. The first-order valence-corrected chi connectivity index (χ1v) is 7.93. The molecule has 2 rings (SSSR count). The first-order chi connectivity index (χ1) is 10.6. The van der Waals surface area contributed by atoms with Crippen LogP contribution in [0.2, 0.25) is 0 Å². The number of carbonyl (C=O) groups is 2. The number of benzene rings is 1. The standard InChI is InChI=1S/C16H19N3O2S/c1-11(17)8-9-18-15(20)12-5-2-3-6-13(12)19-16(21)14-7-4-10-22-14/h2-7,10-11H,8-9,17H2,1H3,(H,18,20)(H,19,21). The van der Waals surface area contributed by atoms with Crippen LogP contribution in [0.4, 0.5) is 5.69 Å². The van der Waals surface area contributed by atoms with E-state index in [9.17, 15) is 9.59 Å². The van der Waals surface area contributed by atoms with Gasteiger partial charge in [0.25, 0.3) is 11.8 Å². The lowest BCUT2D eigenvalue weighted by molar-refractivity contribution is 0.0953. The quantitative estimate of drug-likeness (QED) is 0.765. The van der Waals surface area contributed by atoms with Gasteiger partial charge in [0.2, 0.25) is 0 Å². The second kappa shape index (κ2) is 7.72. The van der Waals surface area contributed by atoms with Crippen molar-refractivity contribution >= 4 is 28.8 Å². The van der Waals surface area contributed by atoms with Crippen LogP contribution in [-0.4, -0.2) is 24.4 Å². The largest absolute Gasteiger partial charge is 0.352 e. The Labute approximate surface area is 133 Å². The Morgan fingerprint density at radius 3 is 2.64 bits per heavy atom. The molecule has 0 aliphatic heterocycles. The average molecular weight is 317 g/mol. The fourth-order valence-electron chi connectivity index (χ4n) is 1.89. The molecule has 116 valence electrons. The summed E-state index contributed by atoms with van der Waals surface area (Å²) in [5.41, 5.74) is 6.60. The molecule has 6 heteroatoms. The molecule has 1 aromatic heterocycles. The Morgan fingerprint density at radius 2 is 1.95 bits per heavy atom. The number of anilines is 1. The van der Waals surface area contributed by atoms with Crippen molar-refractivity contribution in [2.45, 2.75) is 19.4 Å². The molecule has 22 heavy (non-hydrogen) atoms. The molecule has 0 saturated heterocycles. The Balaban J connectivity index is 2.06. The van der Waals surface area contributed by atoms with Crippen molar-refractivity contribution in [2.24, 2.45) is 5.73 Å². The summed E-state index contributed by atoms with van der Waals surface area (Å²) in [6, 6.07) is 10.5. The highest BCUT2D eigenvalue weighted by molar-refractivity contribution is 7.12. The van der Waals surface area contributed by atoms with Crippen LogP contribution in [0, 0.1) is 0 Å². The SMILES string of the molecule is CC(N)CCNC(=O)c1ccccc1NC(=O)c1cccs1. The summed E-state index contributed by atoms with van der Waals surface area (Å²) in [6.07, 6.45) is 0.704. The zero-order valence-electron chi connectivity index (χ0n) is 12.3. The minimum atomic E-state index is -0.220. The maximum absolute atomic E-state index is 12.2. The van der Waals surface area contributed by atoms with Crippen LogP contribution in [0.25, 0.3) is 0 Å². The lowest BCUT2D eigenvalue weighted by Gasteiger charge is -2.11. The van der Waals surface area contributed by atoms with Gasteiger partial charge in [-0.2, -0.15) is 0 Å². The van der Waals surface area contributed by atoms with Crippen molar-refractivity contribution in [1.82, 2.24) is 5.32 Å². The fraction of sp³-hybridized carbons (Fsp3) is 0.250. The van der Waals surface area contributed by atoms with Crippen molar-refractivity contribution in [3.8, 4) is 0 Å². The van der Waals surface area contributed by atoms with Crippen molar-refractivity contribution in [2.75, 3.05) is 11.9 Å². The molecule has 1 atom stereocenters. The van der Waals surface area contributed by atoms with E-state index < -0.39 is 0 Å². The van der Waals surface area contributed by atoms with E-state index in [1.165, 1.54) is 11.3 Å². The smallest absolute Gasteiger partial charge is 0.265 e. The van der Waals surface area contributed by atoms with E-state index in [1.54, 1.807) is 30.3 Å². The van der Waals surface area contributed by atoms with Crippen molar-refractivity contribution < 1.29 is 9.59 Å². The number of amides is 2. The Kier molecular flexibility index (Phi) is 5.68. The van der Waals surface area contributed by atoms with E-state index in [1.807, 2.05) is 18.4 Å². The maximum Gasteiger partial charge on any atom is 0.265 e. The first kappa shape index (κ1) is 16.2. The Hall–Kier alpha value is -2.18. The van der Waals surface area contributed by atoms with Gasteiger partial charge in [0.05, 0.1) is 16.1 Å². The van der Waals surface area contributed by atoms with Crippen LogP contribution in [0.1, 0.15) is 33.4 Å². The van der Waals surface area contributed by atoms with Gasteiger partial charge in [-0.15, -0.1) is 11.3 Å². The molecule has 2 amide bonds. The van der Waals surface area contributed by atoms with Gasteiger partial charge in [0, 0.05) is 12.6 Å². The van der Waals surface area contributed by atoms with Gasteiger partial charge in [-0.25, -0.2) is 0 Å². The summed E-state index contributed by atoms with van der Waals surface area (Å²) in [4.78, 5) is 24.9. The summed E-state index contributed by atoms with van der Waals surface area (Å²) in [6.45, 7) is 2.39. The number of nitrogens with one attached hydrogen (secondary N) is 2. The van der Waals surface area contributed by atoms with Gasteiger partial charge < -0.3 is 16.4 Å². The second-order valence-electron chi connectivity index (χ2n) is 5.00. The molecule has 1 unspecified atom stereocenters. The lowest BCUT2D eigenvalue weighted by Crippen LogP contribution is -2.29. The molecule has 2 aromatic rings. The molecule has 1 heterocycles. The average Bonchev–Trinajstić information content (AvgIpc) is 3.01. The fourth-order valence-corrected chi connectivity index (χ4v) is 2.51. The monoisotopic (exact) mass is 317 g/mol. The molecular formula is C16H19N3O2S. The van der Waals surface area contributed by atoms with E-state index in [-0.39, 0.29) is 17.9 Å². The molecule has 0 saturated carbocycles. The van der Waals surface area contributed by atoms with Crippen molar-refractivity contribution in [1.29, 1.82) is 0 Å². The van der Waals surface area contributed by atoms with Crippen LogP contribution >= 0.6 is 11.3 Å². The van der Waals surface area contributed by atoms with Gasteiger partial charge in [-0.05, 0) is 36.9 Å². The predicted octanol–water partition coefficient (Wildman–Crippen LogP) is 2.47. The number of hydrogen-bond donors (Lipinski definition) is 3. The molecular weight excluding hydrogens is 298 g/mol. The highest BCUT2D eigenvalue weighted by Crippen LogP contribution is 2.17. The van der Waals surface area contributed by atoms with Crippen molar-refractivity contribution in [3.63, 3.8) is 0 Å². The lowest BCUT2D eigenvalue weighted by atomic mass is 10.1. The van der Waals surface area contributed by atoms with Crippen molar-refractivity contribution in [3.05, 3.63) is 52.2 Å². The normalized spacial score (nSPS) is 11.7. The molecule has 5 nitrogen and oxygen atoms in total. The van der Waals surface area contributed by atoms with E-state index >= 15 is 0 Å². The van der Waals surface area contributed by atoms with Gasteiger partial charge in [-0.3, -0.25) is 9.59 Å². The number of nitrogens with two attached hydrogens (primary N) is 1. The van der Waals surface area contributed by atoms with E-state index in [0.717, 1.165) is 0 Å². The van der Waals surface area contributed by atoms with Crippen LogP contribution in [0.3, 0.4) is 0 Å². The maximum atomic E-state index is 12.2. The summed E-state index contributed by atoms with van der Waals surface area (Å²) in [5.74, 6) is -0.437. The van der Waals surface area contributed by atoms with Crippen LogP contribution in [0.15, 0.2) is 41.8 Å².